The van der Waals surface area contributed by atoms with Gasteiger partial charge in [-0.15, -0.1) is 0 Å². The van der Waals surface area contributed by atoms with Gasteiger partial charge in [-0.2, -0.15) is 8.75 Å². The summed E-state index contributed by atoms with van der Waals surface area (Å²) in [5.41, 5.74) is 3.47. The molecular formula is C11H13N3S. The highest BCUT2D eigenvalue weighted by Gasteiger charge is 2.14. The highest BCUT2D eigenvalue weighted by Crippen LogP contribution is 2.20. The predicted molar refractivity (Wildman–Crippen MR) is 62.0 cm³/mol. The molecule has 0 saturated carbocycles. The Morgan fingerprint density at radius 1 is 1.40 bits per heavy atom. The van der Waals surface area contributed by atoms with Crippen LogP contribution in [0.3, 0.4) is 0 Å². The fraction of sp³-hybridized carbons (Fsp3) is 0.273. The van der Waals surface area contributed by atoms with Crippen LogP contribution in [0.2, 0.25) is 0 Å². The van der Waals surface area contributed by atoms with Crippen molar-refractivity contribution in [3.63, 3.8) is 0 Å². The van der Waals surface area contributed by atoms with Crippen molar-refractivity contribution in [2.75, 3.05) is 7.05 Å². The molecule has 1 heterocycles. The third-order valence-corrected chi connectivity index (χ3v) is 2.83. The van der Waals surface area contributed by atoms with Gasteiger partial charge in [-0.05, 0) is 19.5 Å². The smallest absolute Gasteiger partial charge is 0.0957 e. The van der Waals surface area contributed by atoms with E-state index in [0.29, 0.717) is 0 Å². The Morgan fingerprint density at radius 2 is 2.27 bits per heavy atom. The van der Waals surface area contributed by atoms with Crippen molar-refractivity contribution >= 4 is 11.7 Å². The van der Waals surface area contributed by atoms with Crippen molar-refractivity contribution in [1.29, 1.82) is 0 Å². The topological polar surface area (TPSA) is 37.8 Å². The molecule has 0 radical (unpaired) electrons. The Hall–Kier alpha value is -1.26. The number of nitrogens with zero attached hydrogens (tertiary/aromatic N) is 2. The summed E-state index contributed by atoms with van der Waals surface area (Å²) in [6, 6.07) is 8.57. The molecule has 2 aromatic rings. The molecule has 2 rings (SSSR count). The zero-order valence-electron chi connectivity index (χ0n) is 8.77. The molecule has 0 fully saturated rings. The normalized spacial score (nSPS) is 12.7. The van der Waals surface area contributed by atoms with Crippen LogP contribution < -0.4 is 5.32 Å². The lowest BCUT2D eigenvalue weighted by Gasteiger charge is -2.14. The lowest BCUT2D eigenvalue weighted by Crippen LogP contribution is -2.17. The average molecular weight is 219 g/mol. The Morgan fingerprint density at radius 3 is 2.87 bits per heavy atom. The molecule has 0 aliphatic carbocycles. The van der Waals surface area contributed by atoms with Crippen LogP contribution in [0.4, 0.5) is 0 Å². The van der Waals surface area contributed by atoms with E-state index >= 15 is 0 Å². The maximum atomic E-state index is 4.26. The molecule has 1 aromatic heterocycles. The Bertz CT molecular complexity index is 425. The maximum absolute atomic E-state index is 4.26. The van der Waals surface area contributed by atoms with Crippen LogP contribution in [0, 0.1) is 6.92 Å². The number of nitrogens with one attached hydrogen (secondary N) is 1. The van der Waals surface area contributed by atoms with Gasteiger partial charge in [0.05, 0.1) is 29.7 Å². The number of aryl methyl sites for hydroxylation is 1. The maximum Gasteiger partial charge on any atom is 0.0957 e. The van der Waals surface area contributed by atoms with Crippen molar-refractivity contribution in [3.05, 3.63) is 47.3 Å². The van der Waals surface area contributed by atoms with Crippen LogP contribution in [0.5, 0.6) is 0 Å². The lowest BCUT2D eigenvalue weighted by molar-refractivity contribution is 0.677. The fourth-order valence-corrected chi connectivity index (χ4v) is 2.08. The van der Waals surface area contributed by atoms with E-state index in [1.54, 1.807) is 0 Å². The predicted octanol–water partition coefficient (Wildman–Crippen LogP) is 2.16. The van der Waals surface area contributed by atoms with Crippen LogP contribution in [-0.2, 0) is 0 Å². The molecule has 3 nitrogen and oxygen atoms in total. The minimum atomic E-state index is 0.142. The Balaban J connectivity index is 2.35. The first-order valence-corrected chi connectivity index (χ1v) is 5.55. The van der Waals surface area contributed by atoms with Crippen molar-refractivity contribution in [1.82, 2.24) is 14.1 Å². The molecule has 78 valence electrons. The molecule has 0 aliphatic rings. The van der Waals surface area contributed by atoms with Crippen LogP contribution in [-0.4, -0.2) is 15.8 Å². The van der Waals surface area contributed by atoms with Gasteiger partial charge in [0.2, 0.25) is 0 Å². The van der Waals surface area contributed by atoms with Crippen LogP contribution in [0.15, 0.2) is 30.5 Å². The highest BCUT2D eigenvalue weighted by molar-refractivity contribution is 6.99. The van der Waals surface area contributed by atoms with Crippen molar-refractivity contribution in [2.45, 2.75) is 13.0 Å². The molecule has 1 N–H and O–H groups in total. The number of rotatable bonds is 3. The fourth-order valence-electron chi connectivity index (χ4n) is 1.63. The van der Waals surface area contributed by atoms with E-state index in [-0.39, 0.29) is 6.04 Å². The van der Waals surface area contributed by atoms with Gasteiger partial charge in [0, 0.05) is 0 Å². The van der Waals surface area contributed by atoms with Gasteiger partial charge in [0.15, 0.2) is 0 Å². The van der Waals surface area contributed by atoms with E-state index in [1.165, 1.54) is 22.9 Å². The average Bonchev–Trinajstić information content (AvgIpc) is 2.72. The van der Waals surface area contributed by atoms with Crippen molar-refractivity contribution in [2.24, 2.45) is 0 Å². The van der Waals surface area contributed by atoms with Gasteiger partial charge in [0.1, 0.15) is 0 Å². The number of aromatic nitrogens is 2. The van der Waals surface area contributed by atoms with Gasteiger partial charge in [-0.25, -0.2) is 0 Å². The Kier molecular flexibility index (Phi) is 3.08. The van der Waals surface area contributed by atoms with Crippen LogP contribution >= 0.6 is 11.7 Å². The molecule has 1 unspecified atom stereocenters. The third-order valence-electron chi connectivity index (χ3n) is 2.34. The minimum Gasteiger partial charge on any atom is -0.308 e. The summed E-state index contributed by atoms with van der Waals surface area (Å²) in [6.07, 6.45) is 1.81. The molecule has 0 spiro atoms. The first kappa shape index (κ1) is 10.3. The van der Waals surface area contributed by atoms with Gasteiger partial charge in [0.25, 0.3) is 0 Å². The van der Waals surface area contributed by atoms with Crippen molar-refractivity contribution < 1.29 is 0 Å². The number of benzene rings is 1. The summed E-state index contributed by atoms with van der Waals surface area (Å²) in [4.78, 5) is 0. The molecule has 0 aliphatic heterocycles. The van der Waals surface area contributed by atoms with E-state index in [0.717, 1.165) is 5.69 Å². The monoisotopic (exact) mass is 219 g/mol. The number of hydrogen-bond acceptors (Lipinski definition) is 4. The first-order valence-electron chi connectivity index (χ1n) is 4.82. The first-order chi connectivity index (χ1) is 7.31. The van der Waals surface area contributed by atoms with E-state index in [9.17, 15) is 0 Å². The second-order valence-corrected chi connectivity index (χ2v) is 4.02. The minimum absolute atomic E-state index is 0.142. The van der Waals surface area contributed by atoms with Crippen LogP contribution in [0.25, 0.3) is 0 Å². The van der Waals surface area contributed by atoms with Crippen molar-refractivity contribution in [3.8, 4) is 0 Å². The molecule has 1 atom stereocenters. The second-order valence-electron chi connectivity index (χ2n) is 3.47. The van der Waals surface area contributed by atoms with Gasteiger partial charge in [-0.1, -0.05) is 29.8 Å². The summed E-state index contributed by atoms with van der Waals surface area (Å²) in [7, 11) is 1.94. The number of hydrogen-bond donors (Lipinski definition) is 1. The summed E-state index contributed by atoms with van der Waals surface area (Å²) in [5, 5.41) is 3.25. The summed E-state index contributed by atoms with van der Waals surface area (Å²) >= 11 is 1.24. The lowest BCUT2D eigenvalue weighted by atomic mass is 10.0. The third kappa shape index (κ3) is 2.22. The molecule has 0 bridgehead atoms. The molecule has 0 saturated heterocycles. The SMILES string of the molecule is CNC(c1cccc(C)c1)c1cnsn1. The molecule has 0 amide bonds. The second kappa shape index (κ2) is 4.51. The largest absolute Gasteiger partial charge is 0.308 e. The molecule has 1 aromatic carbocycles. The molecule has 4 heteroatoms. The van der Waals surface area contributed by atoms with Gasteiger partial charge in [-0.3, -0.25) is 0 Å². The molecular weight excluding hydrogens is 206 g/mol. The van der Waals surface area contributed by atoms with Crippen LogP contribution in [0.1, 0.15) is 22.9 Å². The summed E-state index contributed by atoms with van der Waals surface area (Å²) in [5.74, 6) is 0. The highest BCUT2D eigenvalue weighted by atomic mass is 32.1. The zero-order chi connectivity index (χ0) is 10.7. The standard InChI is InChI=1S/C11H13N3S/c1-8-4-3-5-9(6-8)11(12-2)10-7-13-15-14-10/h3-7,11-12H,1-2H3. The Labute approximate surface area is 93.5 Å². The van der Waals surface area contributed by atoms with Gasteiger partial charge < -0.3 is 5.32 Å². The molecule has 15 heavy (non-hydrogen) atoms. The van der Waals surface area contributed by atoms with E-state index < -0.39 is 0 Å². The quantitative estimate of drug-likeness (QED) is 0.859. The van der Waals surface area contributed by atoms with Gasteiger partial charge >= 0.3 is 0 Å². The summed E-state index contributed by atoms with van der Waals surface area (Å²) in [6.45, 7) is 2.09. The van der Waals surface area contributed by atoms with E-state index in [1.807, 2.05) is 13.2 Å². The van der Waals surface area contributed by atoms with E-state index in [4.69, 9.17) is 0 Å². The summed E-state index contributed by atoms with van der Waals surface area (Å²) < 4.78 is 8.29. The van der Waals surface area contributed by atoms with E-state index in [2.05, 4.69) is 45.3 Å². The zero-order valence-corrected chi connectivity index (χ0v) is 9.58.